The van der Waals surface area contributed by atoms with Crippen LogP contribution < -0.4 is 15.5 Å². The number of anilines is 1. The average molecular weight is 645 g/mol. The van der Waals surface area contributed by atoms with Gasteiger partial charge in [-0.1, -0.05) is 36.4 Å². The molecule has 238 valence electrons. The quantitative estimate of drug-likeness (QED) is 0.251. The predicted molar refractivity (Wildman–Crippen MR) is 158 cm³/mol. The van der Waals surface area contributed by atoms with Crippen LogP contribution in [0.4, 0.5) is 19.0 Å². The molecule has 4 rings (SSSR count). The summed E-state index contributed by atoms with van der Waals surface area (Å²) in [5.74, 6) is -2.68. The number of nitriles is 1. The van der Waals surface area contributed by atoms with Gasteiger partial charge in [0.25, 0.3) is 10.1 Å². The van der Waals surface area contributed by atoms with E-state index in [1.807, 2.05) is 6.07 Å². The van der Waals surface area contributed by atoms with Crippen molar-refractivity contribution >= 4 is 27.8 Å². The number of carbonyl (C=O) groups excluding carboxylic acids is 2. The summed E-state index contributed by atoms with van der Waals surface area (Å²) in [7, 11) is -4.19. The molecule has 2 aromatic carbocycles. The van der Waals surface area contributed by atoms with E-state index in [-0.39, 0.29) is 36.8 Å². The third-order valence-electron chi connectivity index (χ3n) is 7.18. The Labute approximate surface area is 258 Å². The van der Waals surface area contributed by atoms with Crippen molar-refractivity contribution in [1.29, 1.82) is 5.26 Å². The van der Waals surface area contributed by atoms with Crippen molar-refractivity contribution < 1.29 is 35.7 Å². The van der Waals surface area contributed by atoms with E-state index in [1.165, 1.54) is 6.07 Å². The molecule has 45 heavy (non-hydrogen) atoms. The van der Waals surface area contributed by atoms with Crippen LogP contribution in [-0.4, -0.2) is 66.2 Å². The normalized spacial score (nSPS) is 15.0. The van der Waals surface area contributed by atoms with Gasteiger partial charge in [0.1, 0.15) is 11.9 Å². The predicted octanol–water partition coefficient (Wildman–Crippen LogP) is 3.30. The lowest BCUT2D eigenvalue weighted by molar-refractivity contribution is -0.144. The maximum absolute atomic E-state index is 13.8. The Balaban J connectivity index is 1.44. The number of nitrogens with one attached hydrogen (secondary N) is 2. The number of nitrogens with zero attached hydrogens (tertiary/aromatic N) is 4. The summed E-state index contributed by atoms with van der Waals surface area (Å²) >= 11 is 0. The minimum absolute atomic E-state index is 0.0114. The highest BCUT2D eigenvalue weighted by atomic mass is 32.2. The summed E-state index contributed by atoms with van der Waals surface area (Å²) < 4.78 is 71.8. The fourth-order valence-corrected chi connectivity index (χ4v) is 5.23. The molecule has 2 heterocycles. The van der Waals surface area contributed by atoms with Crippen molar-refractivity contribution in [2.24, 2.45) is 0 Å². The van der Waals surface area contributed by atoms with Crippen molar-refractivity contribution in [1.82, 2.24) is 20.6 Å². The lowest BCUT2D eigenvalue weighted by Crippen LogP contribution is -2.44. The van der Waals surface area contributed by atoms with Gasteiger partial charge in [0, 0.05) is 37.7 Å². The Morgan fingerprint density at radius 2 is 1.67 bits per heavy atom. The van der Waals surface area contributed by atoms with Crippen molar-refractivity contribution in [3.8, 4) is 17.3 Å². The third kappa shape index (κ3) is 9.72. The van der Waals surface area contributed by atoms with Crippen molar-refractivity contribution in [3.63, 3.8) is 0 Å². The molecule has 1 fully saturated rings. The van der Waals surface area contributed by atoms with Gasteiger partial charge < -0.3 is 15.5 Å². The summed E-state index contributed by atoms with van der Waals surface area (Å²) in [6.45, 7) is 0.426. The number of alkyl halides is 3. The summed E-state index contributed by atoms with van der Waals surface area (Å²) in [4.78, 5) is 34.1. The summed E-state index contributed by atoms with van der Waals surface area (Å²) in [5, 5.41) is 14.2. The molecule has 1 atom stereocenters. The highest BCUT2D eigenvalue weighted by molar-refractivity contribution is 7.85. The molecule has 15 heteroatoms. The average Bonchev–Trinajstić information content (AvgIpc) is 3.50. The molecule has 0 aliphatic carbocycles. The maximum Gasteiger partial charge on any atom is 0.451 e. The molecular formula is C30H31F3N6O5S. The first-order chi connectivity index (χ1) is 21.3. The highest BCUT2D eigenvalue weighted by Crippen LogP contribution is 2.33. The maximum atomic E-state index is 13.8. The van der Waals surface area contributed by atoms with Crippen LogP contribution in [-0.2, 0) is 38.7 Å². The van der Waals surface area contributed by atoms with Gasteiger partial charge in [-0.25, -0.2) is 9.97 Å². The molecule has 11 nitrogen and oxygen atoms in total. The summed E-state index contributed by atoms with van der Waals surface area (Å²) in [5.41, 5.74) is 2.58. The minimum Gasteiger partial charge on any atom is -0.355 e. The van der Waals surface area contributed by atoms with Crippen LogP contribution in [0.5, 0.6) is 0 Å². The van der Waals surface area contributed by atoms with Gasteiger partial charge in [-0.15, -0.1) is 0 Å². The molecule has 0 saturated carbocycles. The first kappa shape index (κ1) is 33.3. The smallest absolute Gasteiger partial charge is 0.355 e. The van der Waals surface area contributed by atoms with Crippen LogP contribution in [0, 0.1) is 11.3 Å². The highest BCUT2D eigenvalue weighted by Gasteiger charge is 2.38. The second-order valence-corrected chi connectivity index (χ2v) is 12.0. The van der Waals surface area contributed by atoms with Gasteiger partial charge in [-0.2, -0.15) is 26.9 Å². The van der Waals surface area contributed by atoms with E-state index in [9.17, 15) is 31.2 Å². The molecule has 1 aliphatic heterocycles. The Morgan fingerprint density at radius 3 is 2.31 bits per heavy atom. The van der Waals surface area contributed by atoms with Crippen LogP contribution >= 0.6 is 0 Å². The van der Waals surface area contributed by atoms with Crippen LogP contribution in [0.1, 0.15) is 41.8 Å². The number of halogens is 3. The molecule has 3 aromatic rings. The Morgan fingerprint density at radius 1 is 1.00 bits per heavy atom. The lowest BCUT2D eigenvalue weighted by atomic mass is 10.0. The molecule has 0 radical (unpaired) electrons. The molecular weight excluding hydrogens is 613 g/mol. The zero-order valence-corrected chi connectivity index (χ0v) is 24.9. The number of hydrogen-bond donors (Lipinski definition) is 3. The van der Waals surface area contributed by atoms with Gasteiger partial charge in [0.15, 0.2) is 0 Å². The fraction of sp³-hybridized carbons (Fsp3) is 0.367. The van der Waals surface area contributed by atoms with Gasteiger partial charge >= 0.3 is 6.18 Å². The largest absolute Gasteiger partial charge is 0.451 e. The molecule has 1 saturated heterocycles. The van der Waals surface area contributed by atoms with E-state index in [1.54, 1.807) is 53.4 Å². The second kappa shape index (κ2) is 14.5. The number of benzene rings is 2. The molecule has 3 N–H and O–H groups in total. The van der Waals surface area contributed by atoms with E-state index in [0.29, 0.717) is 49.0 Å². The molecule has 1 unspecified atom stereocenters. The van der Waals surface area contributed by atoms with Gasteiger partial charge in [0.05, 0.1) is 23.1 Å². The Bertz CT molecular complexity index is 1660. The van der Waals surface area contributed by atoms with Gasteiger partial charge in [-0.05, 0) is 48.9 Å². The van der Waals surface area contributed by atoms with E-state index < -0.39 is 39.8 Å². The van der Waals surface area contributed by atoms with Crippen LogP contribution in [0.2, 0.25) is 0 Å². The van der Waals surface area contributed by atoms with Crippen molar-refractivity contribution in [2.45, 2.75) is 44.3 Å². The van der Waals surface area contributed by atoms with Crippen LogP contribution in [0.25, 0.3) is 11.3 Å². The topological polar surface area (TPSA) is 165 Å². The van der Waals surface area contributed by atoms with E-state index in [4.69, 9.17) is 9.81 Å². The Kier molecular flexibility index (Phi) is 10.7. The fourth-order valence-electron chi connectivity index (χ4n) is 4.87. The van der Waals surface area contributed by atoms with Crippen LogP contribution in [0.3, 0.4) is 0 Å². The van der Waals surface area contributed by atoms with Gasteiger partial charge in [0.2, 0.25) is 17.6 Å². The minimum atomic E-state index is -4.83. The molecule has 2 amide bonds. The second-order valence-electron chi connectivity index (χ2n) is 10.5. The van der Waals surface area contributed by atoms with Crippen molar-refractivity contribution in [2.75, 3.05) is 30.3 Å². The van der Waals surface area contributed by atoms with Gasteiger partial charge in [-0.3, -0.25) is 14.1 Å². The first-order valence-corrected chi connectivity index (χ1v) is 15.7. The van der Waals surface area contributed by atoms with Crippen molar-refractivity contribution in [3.05, 3.63) is 77.1 Å². The number of amides is 2. The van der Waals surface area contributed by atoms with Crippen LogP contribution in [0.15, 0.2) is 54.6 Å². The molecule has 1 aliphatic rings. The number of rotatable bonds is 12. The first-order valence-electron chi connectivity index (χ1n) is 14.1. The Hall–Kier alpha value is -4.55. The van der Waals surface area contributed by atoms with E-state index in [0.717, 1.165) is 5.56 Å². The summed E-state index contributed by atoms with van der Waals surface area (Å²) in [6.07, 6.45) is -2.95. The number of aromatic nitrogens is 2. The zero-order chi connectivity index (χ0) is 32.6. The number of hydrogen-bond acceptors (Lipinski definition) is 8. The lowest BCUT2D eigenvalue weighted by Gasteiger charge is -2.26. The SMILES string of the molecule is N#Cc1ccc(CCNC(=O)C2CCCN2c2cc(-c3ccc(CCC(=O)NCCS(=O)(=O)O)cc3)nc(C(F)(F)F)n2)cc1. The number of carbonyl (C=O) groups is 2. The summed E-state index contributed by atoms with van der Waals surface area (Å²) in [6, 6.07) is 16.2. The molecule has 1 aromatic heterocycles. The third-order valence-corrected chi connectivity index (χ3v) is 7.90. The van der Waals surface area contributed by atoms with E-state index >= 15 is 0 Å². The zero-order valence-electron chi connectivity index (χ0n) is 24.0. The molecule has 0 bridgehead atoms. The monoisotopic (exact) mass is 644 g/mol. The standard InChI is InChI=1S/C30H31F3N6O5S/c31-30(32,33)29-37-24(23-10-7-20(8-11-23)9-12-27(40)35-15-17-45(42,43)44)18-26(38-29)39-16-1-2-25(39)28(41)36-14-13-21-3-5-22(19-34)6-4-21/h3-8,10-11,18,25H,1-2,9,12-17H2,(H,35,40)(H,36,41)(H,42,43,44). The van der Waals surface area contributed by atoms with E-state index in [2.05, 4.69) is 20.6 Å². The molecule has 0 spiro atoms. The number of aryl methyl sites for hydroxylation is 1.